The number of hydrogen-bond donors (Lipinski definition) is 1. The highest BCUT2D eigenvalue weighted by Gasteiger charge is 2.19. The number of anilines is 1. The Morgan fingerprint density at radius 1 is 1.03 bits per heavy atom. The number of sulfonamides is 1. The summed E-state index contributed by atoms with van der Waals surface area (Å²) in [7, 11) is -3.90. The molecular formula is C21H13ClN4O3S2. The second kappa shape index (κ2) is 8.73. The van der Waals surface area contributed by atoms with Gasteiger partial charge in [0.1, 0.15) is 17.6 Å². The van der Waals surface area contributed by atoms with Crippen molar-refractivity contribution in [3.8, 4) is 28.8 Å². The van der Waals surface area contributed by atoms with Crippen molar-refractivity contribution in [2.75, 3.05) is 4.72 Å². The third-order valence-corrected chi connectivity index (χ3v) is 6.53. The van der Waals surface area contributed by atoms with Gasteiger partial charge in [-0.25, -0.2) is 13.4 Å². The molecule has 2 aromatic carbocycles. The summed E-state index contributed by atoms with van der Waals surface area (Å²) < 4.78 is 33.5. The van der Waals surface area contributed by atoms with Crippen LogP contribution in [0.1, 0.15) is 5.56 Å². The Morgan fingerprint density at radius 3 is 2.58 bits per heavy atom. The summed E-state index contributed by atoms with van der Waals surface area (Å²) in [4.78, 5) is 8.15. The molecule has 0 saturated carbocycles. The summed E-state index contributed by atoms with van der Waals surface area (Å²) in [6.45, 7) is 0. The zero-order chi connectivity index (χ0) is 21.8. The number of aromatic nitrogens is 2. The molecule has 0 saturated heterocycles. The fourth-order valence-corrected chi connectivity index (χ4v) is 4.72. The molecule has 4 aromatic rings. The number of pyridine rings is 1. The minimum atomic E-state index is -3.90. The number of hydrogen-bond acceptors (Lipinski definition) is 7. The maximum absolute atomic E-state index is 12.6. The lowest BCUT2D eigenvalue weighted by molar-refractivity contribution is 0.482. The Kier molecular flexibility index (Phi) is 5.86. The van der Waals surface area contributed by atoms with Crippen molar-refractivity contribution in [2.45, 2.75) is 4.90 Å². The molecule has 10 heteroatoms. The smallest absolute Gasteiger partial charge is 0.263 e. The van der Waals surface area contributed by atoms with Crippen molar-refractivity contribution in [3.05, 3.63) is 83.0 Å². The van der Waals surface area contributed by atoms with Gasteiger partial charge in [0.15, 0.2) is 5.13 Å². The molecule has 0 spiro atoms. The number of thiazole rings is 1. The topological polar surface area (TPSA) is 105 Å². The number of rotatable bonds is 6. The second-order valence-electron chi connectivity index (χ2n) is 6.17. The standard InChI is InChI=1S/C21H13ClN4O3S2/c22-15-4-6-20(17(12-15)18-3-1-2-8-24-18)29-19-7-5-16(11-14(19)13-23)31(27,28)26-21-25-9-10-30-21/h1-12H,(H,25,26). The van der Waals surface area contributed by atoms with Crippen LogP contribution in [0.3, 0.4) is 0 Å². The highest BCUT2D eigenvalue weighted by molar-refractivity contribution is 7.93. The number of nitrogens with zero attached hydrogens (tertiary/aromatic N) is 3. The first-order chi connectivity index (χ1) is 15.0. The summed E-state index contributed by atoms with van der Waals surface area (Å²) >= 11 is 7.30. The van der Waals surface area contributed by atoms with Crippen LogP contribution in [0.5, 0.6) is 11.5 Å². The molecule has 0 unspecified atom stereocenters. The van der Waals surface area contributed by atoms with Gasteiger partial charge < -0.3 is 4.74 Å². The lowest BCUT2D eigenvalue weighted by atomic mass is 10.1. The van der Waals surface area contributed by atoms with Crippen LogP contribution in [0.4, 0.5) is 5.13 Å². The van der Waals surface area contributed by atoms with E-state index in [4.69, 9.17) is 16.3 Å². The molecule has 0 aliphatic rings. The molecule has 0 amide bonds. The summed E-state index contributed by atoms with van der Waals surface area (Å²) in [5, 5.41) is 12.0. The van der Waals surface area contributed by atoms with E-state index in [-0.39, 0.29) is 21.3 Å². The van der Waals surface area contributed by atoms with Crippen LogP contribution >= 0.6 is 22.9 Å². The molecule has 0 fully saturated rings. The summed E-state index contributed by atoms with van der Waals surface area (Å²) in [6, 6.07) is 16.5. The molecule has 1 N–H and O–H groups in total. The average molecular weight is 469 g/mol. The van der Waals surface area contributed by atoms with E-state index in [1.54, 1.807) is 35.8 Å². The molecule has 0 atom stereocenters. The van der Waals surface area contributed by atoms with Crippen molar-refractivity contribution in [2.24, 2.45) is 0 Å². The predicted molar refractivity (Wildman–Crippen MR) is 119 cm³/mol. The van der Waals surface area contributed by atoms with Gasteiger partial charge in [-0.05, 0) is 48.5 Å². The highest BCUT2D eigenvalue weighted by Crippen LogP contribution is 2.36. The number of halogens is 1. The highest BCUT2D eigenvalue weighted by atomic mass is 35.5. The van der Waals surface area contributed by atoms with Crippen molar-refractivity contribution in [1.82, 2.24) is 9.97 Å². The van der Waals surface area contributed by atoms with Gasteiger partial charge in [-0.1, -0.05) is 17.7 Å². The van der Waals surface area contributed by atoms with Gasteiger partial charge >= 0.3 is 0 Å². The Bertz CT molecular complexity index is 1370. The van der Waals surface area contributed by atoms with Gasteiger partial charge in [0.05, 0.1) is 16.2 Å². The average Bonchev–Trinajstić information content (AvgIpc) is 3.28. The largest absolute Gasteiger partial charge is 0.455 e. The van der Waals surface area contributed by atoms with Gasteiger partial charge in [-0.2, -0.15) is 5.26 Å². The first-order valence-electron chi connectivity index (χ1n) is 8.81. The van der Waals surface area contributed by atoms with E-state index in [1.807, 2.05) is 18.2 Å². The number of nitriles is 1. The van der Waals surface area contributed by atoms with Crippen molar-refractivity contribution < 1.29 is 13.2 Å². The van der Waals surface area contributed by atoms with Gasteiger partial charge in [-0.3, -0.25) is 9.71 Å². The van der Waals surface area contributed by atoms with Crippen molar-refractivity contribution in [1.29, 1.82) is 5.26 Å². The SMILES string of the molecule is N#Cc1cc(S(=O)(=O)Nc2nccs2)ccc1Oc1ccc(Cl)cc1-c1ccccn1. The molecule has 4 rings (SSSR count). The monoisotopic (exact) mass is 468 g/mol. The van der Waals surface area contributed by atoms with Crippen LogP contribution in [-0.4, -0.2) is 18.4 Å². The van der Waals surface area contributed by atoms with Crippen LogP contribution in [0.15, 0.2) is 77.3 Å². The Morgan fingerprint density at radius 2 is 1.87 bits per heavy atom. The number of ether oxygens (including phenoxy) is 1. The Labute approximate surface area is 187 Å². The maximum atomic E-state index is 12.6. The van der Waals surface area contributed by atoms with E-state index in [0.717, 1.165) is 11.3 Å². The molecule has 0 aliphatic heterocycles. The van der Waals surface area contributed by atoms with Crippen molar-refractivity contribution in [3.63, 3.8) is 0 Å². The van der Waals surface area contributed by atoms with E-state index in [2.05, 4.69) is 14.7 Å². The van der Waals surface area contributed by atoms with Gasteiger partial charge in [0, 0.05) is 28.4 Å². The maximum Gasteiger partial charge on any atom is 0.263 e. The van der Waals surface area contributed by atoms with Crippen molar-refractivity contribution >= 4 is 38.1 Å². The van der Waals surface area contributed by atoms with Gasteiger partial charge in [-0.15, -0.1) is 11.3 Å². The normalized spacial score (nSPS) is 11.0. The molecular weight excluding hydrogens is 456 g/mol. The zero-order valence-electron chi connectivity index (χ0n) is 15.7. The lowest BCUT2D eigenvalue weighted by Gasteiger charge is -2.13. The van der Waals surface area contributed by atoms with Crippen LogP contribution in [0.2, 0.25) is 5.02 Å². The summed E-state index contributed by atoms with van der Waals surface area (Å²) in [5.41, 5.74) is 1.34. The third kappa shape index (κ3) is 4.67. The molecule has 7 nitrogen and oxygen atoms in total. The first kappa shape index (κ1) is 20.8. The molecule has 31 heavy (non-hydrogen) atoms. The summed E-state index contributed by atoms with van der Waals surface area (Å²) in [6.07, 6.45) is 3.14. The quantitative estimate of drug-likeness (QED) is 0.410. The van der Waals surface area contributed by atoms with E-state index in [1.165, 1.54) is 24.4 Å². The fourth-order valence-electron chi connectivity index (χ4n) is 2.73. The van der Waals surface area contributed by atoms with Crippen LogP contribution in [0, 0.1) is 11.3 Å². The van der Waals surface area contributed by atoms with E-state index >= 15 is 0 Å². The van der Waals surface area contributed by atoms with Crippen LogP contribution in [0.25, 0.3) is 11.3 Å². The molecule has 154 valence electrons. The molecule has 0 radical (unpaired) electrons. The predicted octanol–water partition coefficient (Wildman–Crippen LogP) is 5.32. The minimum absolute atomic E-state index is 0.0592. The van der Waals surface area contributed by atoms with E-state index < -0.39 is 10.0 Å². The Balaban J connectivity index is 1.69. The first-order valence-corrected chi connectivity index (χ1v) is 11.6. The zero-order valence-corrected chi connectivity index (χ0v) is 18.1. The van der Waals surface area contributed by atoms with Gasteiger partial charge in [0.2, 0.25) is 0 Å². The van der Waals surface area contributed by atoms with E-state index in [9.17, 15) is 13.7 Å². The summed E-state index contributed by atoms with van der Waals surface area (Å²) in [5.74, 6) is 0.631. The fraction of sp³-hybridized carbons (Fsp3) is 0. The minimum Gasteiger partial charge on any atom is -0.455 e. The molecule has 0 aliphatic carbocycles. The lowest BCUT2D eigenvalue weighted by Crippen LogP contribution is -2.13. The molecule has 2 aromatic heterocycles. The third-order valence-electron chi connectivity index (χ3n) is 4.14. The van der Waals surface area contributed by atoms with Crippen LogP contribution in [-0.2, 0) is 10.0 Å². The molecule has 2 heterocycles. The number of benzene rings is 2. The molecule has 0 bridgehead atoms. The Hall–Kier alpha value is -3.45. The van der Waals surface area contributed by atoms with Crippen LogP contribution < -0.4 is 9.46 Å². The second-order valence-corrected chi connectivity index (χ2v) is 9.18. The van der Waals surface area contributed by atoms with Gasteiger partial charge in [0.25, 0.3) is 10.0 Å². The van der Waals surface area contributed by atoms with E-state index in [0.29, 0.717) is 22.0 Å². The number of nitrogens with one attached hydrogen (secondary N) is 1.